The maximum Gasteiger partial charge on any atom is 0.229 e. The number of fused-ring (bicyclic) bond motifs is 1. The summed E-state index contributed by atoms with van der Waals surface area (Å²) in [5, 5.41) is 12.9. The second-order valence-electron chi connectivity index (χ2n) is 7.32. The van der Waals surface area contributed by atoms with Crippen LogP contribution in [0.2, 0.25) is 0 Å². The van der Waals surface area contributed by atoms with Crippen molar-refractivity contribution in [2.45, 2.75) is 38.5 Å². The van der Waals surface area contributed by atoms with Crippen LogP contribution in [0.4, 0.5) is 5.13 Å². The first kappa shape index (κ1) is 18.2. The van der Waals surface area contributed by atoms with E-state index in [9.17, 15) is 4.79 Å². The largest absolute Gasteiger partial charge is 0.493 e. The predicted octanol–water partition coefficient (Wildman–Crippen LogP) is 3.72. The van der Waals surface area contributed by atoms with Gasteiger partial charge in [-0.2, -0.15) is 0 Å². The van der Waals surface area contributed by atoms with Gasteiger partial charge >= 0.3 is 0 Å². The molecular formula is C20H25N3O3S. The summed E-state index contributed by atoms with van der Waals surface area (Å²) in [7, 11) is 3.27. The molecule has 7 heteroatoms. The van der Waals surface area contributed by atoms with Crippen molar-refractivity contribution >= 4 is 22.4 Å². The van der Waals surface area contributed by atoms with E-state index in [4.69, 9.17) is 9.47 Å². The first-order valence-corrected chi connectivity index (χ1v) is 10.4. The number of ether oxygens (including phenoxy) is 2. The number of hydrogen-bond donors (Lipinski definition) is 1. The van der Waals surface area contributed by atoms with Crippen LogP contribution in [0.25, 0.3) is 0 Å². The number of aryl methyl sites for hydroxylation is 2. The number of nitrogens with zero attached hydrogens (tertiary/aromatic N) is 2. The lowest BCUT2D eigenvalue weighted by Gasteiger charge is -2.08. The normalized spacial score (nSPS) is 23.4. The minimum Gasteiger partial charge on any atom is -0.493 e. The molecule has 27 heavy (non-hydrogen) atoms. The summed E-state index contributed by atoms with van der Waals surface area (Å²) in [6.07, 6.45) is 6.55. The average Bonchev–Trinajstić information content (AvgIpc) is 3.28. The van der Waals surface area contributed by atoms with Crippen molar-refractivity contribution in [3.8, 4) is 11.5 Å². The van der Waals surface area contributed by atoms with Crippen LogP contribution in [0.15, 0.2) is 18.2 Å². The molecule has 2 atom stereocenters. The molecule has 2 fully saturated rings. The van der Waals surface area contributed by atoms with Gasteiger partial charge in [0.05, 0.1) is 14.2 Å². The summed E-state index contributed by atoms with van der Waals surface area (Å²) < 4.78 is 10.6. The standard InChI is InChI=1S/C20H25N3O3S/c1-25-15-9-7-12(11-16(15)26-2)8-10-17-22-23-20(27-17)21-19(24)18-13-5-3-4-6-14(13)18/h7,9,11,13-14,18H,3-6,8,10H2,1-2H3,(H,21,23,24)/t13-,14-/m0/s1. The van der Waals surface area contributed by atoms with Gasteiger partial charge in [-0.05, 0) is 48.8 Å². The summed E-state index contributed by atoms with van der Waals surface area (Å²) in [6, 6.07) is 5.92. The monoisotopic (exact) mass is 387 g/mol. The van der Waals surface area contributed by atoms with Crippen LogP contribution in [0, 0.1) is 17.8 Å². The zero-order valence-corrected chi connectivity index (χ0v) is 16.6. The number of carbonyl (C=O) groups is 1. The number of benzene rings is 1. The van der Waals surface area contributed by atoms with Crippen molar-refractivity contribution < 1.29 is 14.3 Å². The summed E-state index contributed by atoms with van der Waals surface area (Å²) in [5.41, 5.74) is 1.15. The smallest absolute Gasteiger partial charge is 0.229 e. The molecule has 0 saturated heterocycles. The predicted molar refractivity (Wildman–Crippen MR) is 104 cm³/mol. The number of hydrogen-bond acceptors (Lipinski definition) is 6. The highest BCUT2D eigenvalue weighted by Crippen LogP contribution is 2.55. The van der Waals surface area contributed by atoms with E-state index in [1.54, 1.807) is 14.2 Å². The molecule has 1 aromatic heterocycles. The molecule has 1 amide bonds. The highest BCUT2D eigenvalue weighted by atomic mass is 32.1. The van der Waals surface area contributed by atoms with Crippen molar-refractivity contribution in [2.24, 2.45) is 17.8 Å². The number of amides is 1. The molecule has 1 aromatic carbocycles. The Hall–Kier alpha value is -2.15. The van der Waals surface area contributed by atoms with Gasteiger partial charge in [0.2, 0.25) is 11.0 Å². The Morgan fingerprint density at radius 1 is 1.11 bits per heavy atom. The summed E-state index contributed by atoms with van der Waals surface area (Å²) in [4.78, 5) is 12.5. The zero-order valence-electron chi connectivity index (χ0n) is 15.7. The van der Waals surface area contributed by atoms with Crippen molar-refractivity contribution in [1.29, 1.82) is 0 Å². The van der Waals surface area contributed by atoms with E-state index in [1.165, 1.54) is 37.0 Å². The fourth-order valence-electron chi connectivity index (χ4n) is 4.26. The van der Waals surface area contributed by atoms with Crippen LogP contribution in [-0.4, -0.2) is 30.3 Å². The molecule has 144 valence electrons. The fraction of sp³-hybridized carbons (Fsp3) is 0.550. The number of anilines is 1. The van der Waals surface area contributed by atoms with Gasteiger partial charge in [0, 0.05) is 12.3 Å². The van der Waals surface area contributed by atoms with Gasteiger partial charge < -0.3 is 14.8 Å². The number of methoxy groups -OCH3 is 2. The lowest BCUT2D eigenvalue weighted by Crippen LogP contribution is -2.15. The molecular weight excluding hydrogens is 362 g/mol. The van der Waals surface area contributed by atoms with E-state index in [2.05, 4.69) is 15.5 Å². The lowest BCUT2D eigenvalue weighted by molar-refractivity contribution is -0.117. The van der Waals surface area contributed by atoms with E-state index in [0.29, 0.717) is 17.0 Å². The van der Waals surface area contributed by atoms with Crippen LogP contribution in [0.1, 0.15) is 36.3 Å². The molecule has 0 bridgehead atoms. The molecule has 2 aliphatic rings. The van der Waals surface area contributed by atoms with Crippen LogP contribution in [0.5, 0.6) is 11.5 Å². The Bertz CT molecular complexity index is 811. The Morgan fingerprint density at radius 3 is 2.56 bits per heavy atom. The summed E-state index contributed by atoms with van der Waals surface area (Å²) in [6.45, 7) is 0. The molecule has 1 heterocycles. The third kappa shape index (κ3) is 3.93. The lowest BCUT2D eigenvalue weighted by atomic mass is 10.0. The molecule has 0 unspecified atom stereocenters. The van der Waals surface area contributed by atoms with Crippen molar-refractivity contribution in [3.63, 3.8) is 0 Å². The summed E-state index contributed by atoms with van der Waals surface area (Å²) in [5.74, 6) is 3.00. The van der Waals surface area contributed by atoms with Gasteiger partial charge in [0.15, 0.2) is 11.5 Å². The quantitative estimate of drug-likeness (QED) is 0.784. The number of rotatable bonds is 7. The number of nitrogens with one attached hydrogen (secondary N) is 1. The van der Waals surface area contributed by atoms with Crippen molar-refractivity contribution in [2.75, 3.05) is 19.5 Å². The molecule has 0 radical (unpaired) electrons. The van der Waals surface area contributed by atoms with Gasteiger partial charge in [0.25, 0.3) is 0 Å². The first-order chi connectivity index (χ1) is 13.2. The van der Waals surface area contributed by atoms with Crippen LogP contribution in [-0.2, 0) is 17.6 Å². The average molecular weight is 388 g/mol. The molecule has 0 spiro atoms. The van der Waals surface area contributed by atoms with Gasteiger partial charge in [0.1, 0.15) is 5.01 Å². The van der Waals surface area contributed by atoms with E-state index in [1.807, 2.05) is 18.2 Å². The van der Waals surface area contributed by atoms with Crippen LogP contribution >= 0.6 is 11.3 Å². The minimum absolute atomic E-state index is 0.134. The molecule has 2 saturated carbocycles. The molecule has 6 nitrogen and oxygen atoms in total. The second kappa shape index (κ2) is 7.84. The molecule has 2 aliphatic carbocycles. The number of aromatic nitrogens is 2. The third-order valence-corrected chi connectivity index (χ3v) is 6.63. The van der Waals surface area contributed by atoms with E-state index < -0.39 is 0 Å². The Labute approximate surface area is 163 Å². The van der Waals surface area contributed by atoms with Crippen molar-refractivity contribution in [3.05, 3.63) is 28.8 Å². The SMILES string of the molecule is COc1ccc(CCc2nnc(NC(=O)C3[C@H]4CCCC[C@H]34)s2)cc1OC. The van der Waals surface area contributed by atoms with Crippen molar-refractivity contribution in [1.82, 2.24) is 10.2 Å². The first-order valence-electron chi connectivity index (χ1n) is 9.53. The van der Waals surface area contributed by atoms with Crippen LogP contribution in [0.3, 0.4) is 0 Å². The molecule has 0 aliphatic heterocycles. The minimum atomic E-state index is 0.134. The highest BCUT2D eigenvalue weighted by molar-refractivity contribution is 7.15. The third-order valence-electron chi connectivity index (χ3n) is 5.73. The van der Waals surface area contributed by atoms with E-state index >= 15 is 0 Å². The van der Waals surface area contributed by atoms with Gasteiger partial charge in [-0.1, -0.05) is 30.2 Å². The van der Waals surface area contributed by atoms with Gasteiger partial charge in [-0.3, -0.25) is 4.79 Å². The number of carbonyl (C=O) groups excluding carboxylic acids is 1. The Kier molecular flexibility index (Phi) is 5.29. The Morgan fingerprint density at radius 2 is 1.85 bits per heavy atom. The summed E-state index contributed by atoms with van der Waals surface area (Å²) >= 11 is 1.47. The van der Waals surface area contributed by atoms with Crippen LogP contribution < -0.4 is 14.8 Å². The topological polar surface area (TPSA) is 73.3 Å². The Balaban J connectivity index is 1.31. The zero-order chi connectivity index (χ0) is 18.8. The maximum absolute atomic E-state index is 12.5. The maximum atomic E-state index is 12.5. The molecule has 4 rings (SSSR count). The fourth-order valence-corrected chi connectivity index (χ4v) is 5.00. The molecule has 2 aromatic rings. The van der Waals surface area contributed by atoms with E-state index in [0.717, 1.165) is 34.9 Å². The molecule has 1 N–H and O–H groups in total. The van der Waals surface area contributed by atoms with E-state index in [-0.39, 0.29) is 11.8 Å². The second-order valence-corrected chi connectivity index (χ2v) is 8.38. The van der Waals surface area contributed by atoms with Gasteiger partial charge in [-0.15, -0.1) is 10.2 Å². The van der Waals surface area contributed by atoms with Gasteiger partial charge in [-0.25, -0.2) is 0 Å². The highest BCUT2D eigenvalue weighted by Gasteiger charge is 2.54.